The molecule has 0 radical (unpaired) electrons. The van der Waals surface area contributed by atoms with Crippen LogP contribution >= 0.6 is 0 Å². The first kappa shape index (κ1) is 16.7. The van der Waals surface area contributed by atoms with E-state index in [4.69, 9.17) is 0 Å². The van der Waals surface area contributed by atoms with Gasteiger partial charge in [-0.25, -0.2) is 8.42 Å². The van der Waals surface area contributed by atoms with Crippen molar-refractivity contribution in [3.05, 3.63) is 60.7 Å². The van der Waals surface area contributed by atoms with Crippen molar-refractivity contribution in [3.8, 4) is 0 Å². The molecule has 0 unspecified atom stereocenters. The van der Waals surface area contributed by atoms with E-state index in [0.717, 1.165) is 0 Å². The molecule has 2 aromatic rings. The van der Waals surface area contributed by atoms with E-state index in [-0.39, 0.29) is 4.90 Å². The molecule has 0 aliphatic carbocycles. The first-order valence-corrected chi connectivity index (χ1v) is 8.16. The Morgan fingerprint density at radius 1 is 0.826 bits per heavy atom. The number of carbonyl (C=O) groups excluding carboxylic acids is 2. The summed E-state index contributed by atoms with van der Waals surface area (Å²) in [6.07, 6.45) is -0.508. The van der Waals surface area contributed by atoms with Crippen molar-refractivity contribution >= 4 is 27.5 Å². The Labute approximate surface area is 133 Å². The fourth-order valence-electron chi connectivity index (χ4n) is 1.70. The molecule has 0 saturated heterocycles. The number of hydrogen-bond acceptors (Lipinski definition) is 4. The highest BCUT2D eigenvalue weighted by Crippen LogP contribution is 2.06. The standard InChI is InChI=1S/C15H15N3O4S/c19-14(16-12-7-3-1-4-8-12)11-15(20)17-18-23(21,22)13-9-5-2-6-10-13/h1-10,18H,11H2,(H,16,19)(H,17,20). The summed E-state index contributed by atoms with van der Waals surface area (Å²) in [5.74, 6) is -1.31. The van der Waals surface area contributed by atoms with Gasteiger partial charge in [0, 0.05) is 5.69 Å². The van der Waals surface area contributed by atoms with Crippen LogP contribution in [-0.4, -0.2) is 20.2 Å². The van der Waals surface area contributed by atoms with Crippen LogP contribution < -0.4 is 15.6 Å². The third kappa shape index (κ3) is 5.20. The van der Waals surface area contributed by atoms with E-state index >= 15 is 0 Å². The van der Waals surface area contributed by atoms with Crippen molar-refractivity contribution in [2.45, 2.75) is 11.3 Å². The lowest BCUT2D eigenvalue weighted by atomic mass is 10.3. The number of carbonyl (C=O) groups is 2. The summed E-state index contributed by atoms with van der Waals surface area (Å²) in [5.41, 5.74) is 2.55. The minimum Gasteiger partial charge on any atom is -0.326 e. The molecular formula is C15H15N3O4S. The molecule has 8 heteroatoms. The molecule has 0 aliphatic rings. The average Bonchev–Trinajstić information content (AvgIpc) is 2.55. The molecule has 2 aromatic carbocycles. The second kappa shape index (κ2) is 7.52. The third-order valence-corrected chi connectivity index (χ3v) is 4.02. The third-order valence-electron chi connectivity index (χ3n) is 2.76. The van der Waals surface area contributed by atoms with Crippen molar-refractivity contribution in [2.75, 3.05) is 5.32 Å². The van der Waals surface area contributed by atoms with E-state index in [0.29, 0.717) is 5.69 Å². The minimum atomic E-state index is -3.86. The van der Waals surface area contributed by atoms with Crippen molar-refractivity contribution in [1.29, 1.82) is 0 Å². The highest BCUT2D eigenvalue weighted by Gasteiger charge is 2.16. The van der Waals surface area contributed by atoms with Crippen molar-refractivity contribution in [3.63, 3.8) is 0 Å². The Hall–Kier alpha value is -2.71. The number of sulfonamides is 1. The minimum absolute atomic E-state index is 0.00837. The lowest BCUT2D eigenvalue weighted by Gasteiger charge is -2.08. The van der Waals surface area contributed by atoms with Gasteiger partial charge in [0.2, 0.25) is 11.8 Å². The van der Waals surface area contributed by atoms with Gasteiger partial charge in [-0.2, -0.15) is 0 Å². The second-order valence-electron chi connectivity index (χ2n) is 4.56. The number of rotatable bonds is 6. The van der Waals surface area contributed by atoms with Crippen LogP contribution in [0.4, 0.5) is 5.69 Å². The van der Waals surface area contributed by atoms with Gasteiger partial charge in [-0.05, 0) is 24.3 Å². The van der Waals surface area contributed by atoms with Crippen LogP contribution in [0, 0.1) is 0 Å². The van der Waals surface area contributed by atoms with E-state index in [1.54, 1.807) is 48.5 Å². The Morgan fingerprint density at radius 2 is 1.39 bits per heavy atom. The maximum Gasteiger partial charge on any atom is 0.257 e. The predicted octanol–water partition coefficient (Wildman–Crippen LogP) is 1.02. The van der Waals surface area contributed by atoms with E-state index in [9.17, 15) is 18.0 Å². The number of hydrazine groups is 1. The van der Waals surface area contributed by atoms with Crippen LogP contribution in [0.1, 0.15) is 6.42 Å². The summed E-state index contributed by atoms with van der Waals surface area (Å²) in [6.45, 7) is 0. The summed E-state index contributed by atoms with van der Waals surface area (Å²) < 4.78 is 23.8. The smallest absolute Gasteiger partial charge is 0.257 e. The summed E-state index contributed by atoms with van der Waals surface area (Å²) in [5, 5.41) is 2.52. The van der Waals surface area contributed by atoms with Crippen molar-refractivity contribution in [1.82, 2.24) is 10.3 Å². The molecule has 0 aromatic heterocycles. The van der Waals surface area contributed by atoms with Crippen LogP contribution in [-0.2, 0) is 19.6 Å². The highest BCUT2D eigenvalue weighted by molar-refractivity contribution is 7.89. The average molecular weight is 333 g/mol. The normalized spacial score (nSPS) is 10.8. The molecule has 0 aliphatic heterocycles. The fourth-order valence-corrected chi connectivity index (χ4v) is 2.58. The summed E-state index contributed by atoms with van der Waals surface area (Å²) in [7, 11) is -3.86. The summed E-state index contributed by atoms with van der Waals surface area (Å²) in [6, 6.07) is 16.2. The highest BCUT2D eigenvalue weighted by atomic mass is 32.2. The first-order valence-electron chi connectivity index (χ1n) is 6.68. The molecule has 0 spiro atoms. The Balaban J connectivity index is 1.84. The number of amides is 2. The molecule has 120 valence electrons. The van der Waals surface area contributed by atoms with Gasteiger partial charge in [-0.1, -0.05) is 36.4 Å². The molecule has 7 nitrogen and oxygen atoms in total. The van der Waals surface area contributed by atoms with Crippen LogP contribution in [0.3, 0.4) is 0 Å². The maximum absolute atomic E-state index is 11.9. The Kier molecular flexibility index (Phi) is 5.45. The molecule has 0 bridgehead atoms. The number of nitrogens with one attached hydrogen (secondary N) is 3. The van der Waals surface area contributed by atoms with Crippen LogP contribution in [0.25, 0.3) is 0 Å². The monoisotopic (exact) mass is 333 g/mol. The molecule has 0 atom stereocenters. The zero-order valence-corrected chi connectivity index (χ0v) is 12.8. The number of benzene rings is 2. The fraction of sp³-hybridized carbons (Fsp3) is 0.0667. The van der Waals surface area contributed by atoms with E-state index < -0.39 is 28.3 Å². The Bertz CT molecular complexity index is 777. The quantitative estimate of drug-likeness (QED) is 0.542. The van der Waals surface area contributed by atoms with E-state index in [1.165, 1.54) is 12.1 Å². The maximum atomic E-state index is 11.9. The molecular weight excluding hydrogens is 318 g/mol. The van der Waals surface area contributed by atoms with Gasteiger partial charge < -0.3 is 5.32 Å². The van der Waals surface area contributed by atoms with Crippen molar-refractivity contribution < 1.29 is 18.0 Å². The summed E-state index contributed by atoms with van der Waals surface area (Å²) in [4.78, 5) is 25.2. The molecule has 3 N–H and O–H groups in total. The van der Waals surface area contributed by atoms with E-state index in [2.05, 4.69) is 5.32 Å². The Morgan fingerprint density at radius 3 is 2.00 bits per heavy atom. The molecule has 0 fully saturated rings. The zero-order chi connectivity index (χ0) is 16.7. The van der Waals surface area contributed by atoms with Gasteiger partial charge in [0.25, 0.3) is 10.0 Å². The van der Waals surface area contributed by atoms with Gasteiger partial charge in [-0.3, -0.25) is 15.0 Å². The lowest BCUT2D eigenvalue weighted by Crippen LogP contribution is -2.42. The molecule has 0 heterocycles. The predicted molar refractivity (Wildman–Crippen MR) is 84.6 cm³/mol. The van der Waals surface area contributed by atoms with Crippen LogP contribution in [0.15, 0.2) is 65.6 Å². The van der Waals surface area contributed by atoms with E-state index in [1.807, 2.05) is 10.3 Å². The first-order chi connectivity index (χ1) is 11.0. The number of anilines is 1. The van der Waals surface area contributed by atoms with Gasteiger partial charge >= 0.3 is 0 Å². The molecule has 0 saturated carbocycles. The van der Waals surface area contributed by atoms with Crippen LogP contribution in [0.5, 0.6) is 0 Å². The molecule has 23 heavy (non-hydrogen) atoms. The summed E-state index contributed by atoms with van der Waals surface area (Å²) >= 11 is 0. The second-order valence-corrected chi connectivity index (χ2v) is 6.24. The molecule has 2 amide bonds. The lowest BCUT2D eigenvalue weighted by molar-refractivity contribution is -0.127. The van der Waals surface area contributed by atoms with Crippen LogP contribution in [0.2, 0.25) is 0 Å². The van der Waals surface area contributed by atoms with Gasteiger partial charge in [0.1, 0.15) is 6.42 Å². The zero-order valence-electron chi connectivity index (χ0n) is 12.0. The van der Waals surface area contributed by atoms with Gasteiger partial charge in [0.15, 0.2) is 0 Å². The molecule has 2 rings (SSSR count). The largest absolute Gasteiger partial charge is 0.326 e. The number of hydrogen-bond donors (Lipinski definition) is 3. The van der Waals surface area contributed by atoms with Gasteiger partial charge in [0.05, 0.1) is 4.90 Å². The van der Waals surface area contributed by atoms with Crippen molar-refractivity contribution in [2.24, 2.45) is 0 Å². The van der Waals surface area contributed by atoms with Gasteiger partial charge in [-0.15, -0.1) is 4.83 Å². The number of para-hydroxylation sites is 1. The SMILES string of the molecule is O=C(CC(=O)Nc1ccccc1)NNS(=O)(=O)c1ccccc1. The topological polar surface area (TPSA) is 104 Å².